The third kappa shape index (κ3) is 9.57. The SMILES string of the molecule is CCCCCC1CCC(CCC2CCC(c3ccc(OC(F)(F)c4ccc(OC(F)(F)F)c(F)c4)cc3)CC2)CC1. The second-order valence-electron chi connectivity index (χ2n) is 12.1. The second-order valence-corrected chi connectivity index (χ2v) is 12.1. The van der Waals surface area contributed by atoms with E-state index in [4.69, 9.17) is 4.74 Å². The van der Waals surface area contributed by atoms with Gasteiger partial charge in [-0.05, 0) is 85.3 Å². The molecule has 0 heterocycles. The lowest BCUT2D eigenvalue weighted by atomic mass is 9.74. The fraction of sp³-hybridized carbons (Fsp3) is 0.636. The smallest absolute Gasteiger partial charge is 0.429 e. The van der Waals surface area contributed by atoms with Crippen LogP contribution in [0.2, 0.25) is 0 Å². The highest BCUT2D eigenvalue weighted by Gasteiger charge is 2.37. The Kier molecular flexibility index (Phi) is 10.9. The summed E-state index contributed by atoms with van der Waals surface area (Å²) in [6, 6.07) is 7.95. The van der Waals surface area contributed by atoms with Crippen molar-refractivity contribution in [3.8, 4) is 11.5 Å². The summed E-state index contributed by atoms with van der Waals surface area (Å²) in [5.41, 5.74) is 0.173. The lowest BCUT2D eigenvalue weighted by Crippen LogP contribution is -2.23. The lowest BCUT2D eigenvalue weighted by molar-refractivity contribution is -0.275. The van der Waals surface area contributed by atoms with Crippen LogP contribution in [0.5, 0.6) is 11.5 Å². The molecule has 0 atom stereocenters. The summed E-state index contributed by atoms with van der Waals surface area (Å²) in [5, 5.41) is 0. The molecule has 0 N–H and O–H groups in total. The maximum atomic E-state index is 14.6. The van der Waals surface area contributed by atoms with Crippen LogP contribution in [0.4, 0.5) is 26.3 Å². The first kappa shape index (κ1) is 31.6. The van der Waals surface area contributed by atoms with Gasteiger partial charge in [-0.3, -0.25) is 0 Å². The monoisotopic (exact) mass is 584 g/mol. The number of hydrogen-bond acceptors (Lipinski definition) is 2. The summed E-state index contributed by atoms with van der Waals surface area (Å²) < 4.78 is 88.4. The van der Waals surface area contributed by atoms with Crippen LogP contribution in [0.1, 0.15) is 114 Å². The van der Waals surface area contributed by atoms with E-state index in [2.05, 4.69) is 11.7 Å². The minimum Gasteiger partial charge on any atom is -0.429 e. The zero-order valence-electron chi connectivity index (χ0n) is 23.8. The Labute approximate surface area is 239 Å². The van der Waals surface area contributed by atoms with Gasteiger partial charge in [0.15, 0.2) is 11.6 Å². The summed E-state index contributed by atoms with van der Waals surface area (Å²) in [4.78, 5) is 0. The van der Waals surface area contributed by atoms with E-state index in [0.29, 0.717) is 18.1 Å². The first-order chi connectivity index (χ1) is 19.5. The van der Waals surface area contributed by atoms with E-state index in [0.717, 1.165) is 36.2 Å². The predicted octanol–water partition coefficient (Wildman–Crippen LogP) is 11.3. The number of unbranched alkanes of at least 4 members (excludes halogenated alkanes) is 2. The average Bonchev–Trinajstić information content (AvgIpc) is 2.94. The molecule has 0 unspecified atom stereocenters. The summed E-state index contributed by atoms with van der Waals surface area (Å²) in [6.07, 6.45) is 9.20. The third-order valence-electron chi connectivity index (χ3n) is 9.10. The van der Waals surface area contributed by atoms with E-state index in [-0.39, 0.29) is 11.8 Å². The molecule has 2 aromatic carbocycles. The molecule has 0 radical (unpaired) electrons. The van der Waals surface area contributed by atoms with Crippen LogP contribution in [0.25, 0.3) is 0 Å². The zero-order chi connectivity index (χ0) is 29.5. The molecule has 0 aliphatic heterocycles. The van der Waals surface area contributed by atoms with Gasteiger partial charge in [-0.1, -0.05) is 83.3 Å². The quantitative estimate of drug-likeness (QED) is 0.182. The van der Waals surface area contributed by atoms with Gasteiger partial charge in [0.1, 0.15) is 5.75 Å². The van der Waals surface area contributed by atoms with E-state index in [1.54, 1.807) is 12.1 Å². The van der Waals surface area contributed by atoms with Crippen molar-refractivity contribution in [2.45, 2.75) is 115 Å². The fourth-order valence-electron chi connectivity index (χ4n) is 6.65. The molecule has 2 nitrogen and oxygen atoms in total. The molecule has 0 aromatic heterocycles. The number of rotatable bonds is 12. The van der Waals surface area contributed by atoms with E-state index in [9.17, 15) is 26.3 Å². The van der Waals surface area contributed by atoms with Crippen molar-refractivity contribution in [1.82, 2.24) is 0 Å². The second kappa shape index (κ2) is 14.2. The van der Waals surface area contributed by atoms with Crippen molar-refractivity contribution in [2.24, 2.45) is 17.8 Å². The largest absolute Gasteiger partial charge is 0.573 e. The van der Waals surface area contributed by atoms with Crippen LogP contribution in [0.15, 0.2) is 42.5 Å². The summed E-state index contributed by atoms with van der Waals surface area (Å²) >= 11 is 0. The summed E-state index contributed by atoms with van der Waals surface area (Å²) in [7, 11) is 0. The highest BCUT2D eigenvalue weighted by atomic mass is 19.4. The van der Waals surface area contributed by atoms with Gasteiger partial charge in [-0.25, -0.2) is 4.39 Å². The molecule has 4 rings (SSSR count). The molecule has 2 aliphatic rings. The van der Waals surface area contributed by atoms with E-state index in [1.165, 1.54) is 89.2 Å². The number of ether oxygens (including phenoxy) is 2. The Morgan fingerprint density at radius 1 is 0.683 bits per heavy atom. The minimum atomic E-state index is -5.13. The van der Waals surface area contributed by atoms with Crippen LogP contribution in [-0.4, -0.2) is 6.36 Å². The molecule has 2 fully saturated rings. The van der Waals surface area contributed by atoms with Crippen LogP contribution in [-0.2, 0) is 6.11 Å². The van der Waals surface area contributed by atoms with Crippen LogP contribution in [0.3, 0.4) is 0 Å². The normalized spacial score (nSPS) is 23.8. The topological polar surface area (TPSA) is 18.5 Å². The van der Waals surface area contributed by atoms with Gasteiger partial charge in [0.25, 0.3) is 0 Å². The van der Waals surface area contributed by atoms with Gasteiger partial charge in [-0.2, -0.15) is 8.78 Å². The Morgan fingerprint density at radius 2 is 1.24 bits per heavy atom. The van der Waals surface area contributed by atoms with Crippen LogP contribution in [0, 0.1) is 23.6 Å². The highest BCUT2D eigenvalue weighted by molar-refractivity contribution is 5.33. The third-order valence-corrected chi connectivity index (χ3v) is 9.10. The zero-order valence-corrected chi connectivity index (χ0v) is 23.8. The molecule has 2 aromatic rings. The highest BCUT2D eigenvalue weighted by Crippen LogP contribution is 2.41. The average molecular weight is 585 g/mol. The molecule has 0 bridgehead atoms. The molecule has 0 amide bonds. The van der Waals surface area contributed by atoms with Crippen LogP contribution >= 0.6 is 0 Å². The summed E-state index contributed by atoms with van der Waals surface area (Å²) in [6.45, 7) is 2.27. The first-order valence-electron chi connectivity index (χ1n) is 15.2. The van der Waals surface area contributed by atoms with Gasteiger partial charge < -0.3 is 9.47 Å². The fourth-order valence-corrected chi connectivity index (χ4v) is 6.65. The van der Waals surface area contributed by atoms with Gasteiger partial charge in [0, 0.05) is 0 Å². The van der Waals surface area contributed by atoms with Crippen molar-refractivity contribution in [1.29, 1.82) is 0 Å². The van der Waals surface area contributed by atoms with Gasteiger partial charge in [0.05, 0.1) is 5.56 Å². The number of halogens is 6. The number of benzene rings is 2. The molecule has 2 aliphatic carbocycles. The van der Waals surface area contributed by atoms with Crippen molar-refractivity contribution < 1.29 is 35.8 Å². The van der Waals surface area contributed by atoms with Crippen molar-refractivity contribution in [3.63, 3.8) is 0 Å². The van der Waals surface area contributed by atoms with Crippen molar-refractivity contribution in [3.05, 3.63) is 59.4 Å². The summed E-state index contributed by atoms with van der Waals surface area (Å²) in [5.74, 6) is 0.146. The number of hydrogen-bond donors (Lipinski definition) is 0. The van der Waals surface area contributed by atoms with Crippen LogP contribution < -0.4 is 9.47 Å². The maximum absolute atomic E-state index is 14.6. The Morgan fingerprint density at radius 3 is 1.78 bits per heavy atom. The molecule has 0 saturated heterocycles. The van der Waals surface area contributed by atoms with Gasteiger partial charge in [-0.15, -0.1) is 13.2 Å². The lowest BCUT2D eigenvalue weighted by Gasteiger charge is -2.32. The molecule has 41 heavy (non-hydrogen) atoms. The molecule has 8 heteroatoms. The molecular formula is C33H42F6O2. The van der Waals surface area contributed by atoms with E-state index < -0.39 is 29.6 Å². The maximum Gasteiger partial charge on any atom is 0.573 e. The van der Waals surface area contributed by atoms with Crippen molar-refractivity contribution in [2.75, 3.05) is 0 Å². The van der Waals surface area contributed by atoms with Gasteiger partial charge in [0.2, 0.25) is 0 Å². The minimum absolute atomic E-state index is 0.108. The molecular weight excluding hydrogens is 542 g/mol. The van der Waals surface area contributed by atoms with E-state index in [1.807, 2.05) is 0 Å². The predicted molar refractivity (Wildman–Crippen MR) is 148 cm³/mol. The Hall–Kier alpha value is -2.38. The molecule has 228 valence electrons. The molecule has 0 spiro atoms. The first-order valence-corrected chi connectivity index (χ1v) is 15.2. The Bertz CT molecular complexity index is 1070. The van der Waals surface area contributed by atoms with E-state index >= 15 is 0 Å². The molecule has 2 saturated carbocycles. The number of alkyl halides is 5. The standard InChI is InChI=1S/C33H42F6O2/c1-2-3-4-5-23-6-8-24(9-7-23)10-11-25-12-14-26(15-13-25)27-16-19-29(20-17-27)40-32(35,36)28-18-21-31(30(34)22-28)41-33(37,38)39/h16-26H,2-15H2,1H3. The van der Waals surface area contributed by atoms with Gasteiger partial charge >= 0.3 is 12.5 Å². The van der Waals surface area contributed by atoms with Crippen molar-refractivity contribution >= 4 is 0 Å². The Balaban J connectivity index is 1.20.